The van der Waals surface area contributed by atoms with Crippen LogP contribution in [0, 0.1) is 17.1 Å². The van der Waals surface area contributed by atoms with E-state index in [2.05, 4.69) is 10.3 Å². The van der Waals surface area contributed by atoms with Crippen LogP contribution in [0.4, 0.5) is 15.0 Å². The predicted octanol–water partition coefficient (Wildman–Crippen LogP) is 4.88. The molecule has 1 aromatic rings. The molecule has 2 atom stereocenters. The highest BCUT2D eigenvalue weighted by Crippen LogP contribution is 2.26. The number of halogens is 2. The number of anilines is 1. The number of rotatable bonds is 7. The van der Waals surface area contributed by atoms with Crippen molar-refractivity contribution in [3.8, 4) is 6.07 Å². The summed E-state index contributed by atoms with van der Waals surface area (Å²) in [5.41, 5.74) is -0.666. The average Bonchev–Trinajstić information content (AvgIpc) is 2.52. The number of pyridine rings is 1. The molecule has 26 heavy (non-hydrogen) atoms. The SMILES string of the molecule is CCCC[C@@H](Nc1nc(Cl)c(C#N)cc1F)[C@H](C)N(C(=O)O)C(C)(C)C. The highest BCUT2D eigenvalue weighted by Gasteiger charge is 2.35. The van der Waals surface area contributed by atoms with Crippen molar-refractivity contribution in [2.75, 3.05) is 5.32 Å². The lowest BCUT2D eigenvalue weighted by Crippen LogP contribution is -2.55. The van der Waals surface area contributed by atoms with Crippen LogP contribution in [-0.4, -0.2) is 38.7 Å². The van der Waals surface area contributed by atoms with E-state index in [1.165, 1.54) is 4.90 Å². The molecular formula is C18H26ClFN4O2. The van der Waals surface area contributed by atoms with E-state index in [-0.39, 0.29) is 22.6 Å². The summed E-state index contributed by atoms with van der Waals surface area (Å²) >= 11 is 5.91. The number of hydrogen-bond acceptors (Lipinski definition) is 4. The van der Waals surface area contributed by atoms with Gasteiger partial charge < -0.3 is 10.4 Å². The third-order valence-corrected chi connectivity index (χ3v) is 4.45. The number of unbranched alkanes of at least 4 members (excludes halogenated alkanes) is 1. The minimum absolute atomic E-state index is 0.0465. The molecule has 0 saturated carbocycles. The van der Waals surface area contributed by atoms with Crippen LogP contribution < -0.4 is 5.32 Å². The normalized spacial score (nSPS) is 13.6. The first-order chi connectivity index (χ1) is 12.0. The van der Waals surface area contributed by atoms with Gasteiger partial charge in [0.15, 0.2) is 11.6 Å². The van der Waals surface area contributed by atoms with Crippen LogP contribution in [0.15, 0.2) is 6.07 Å². The Morgan fingerprint density at radius 1 is 1.54 bits per heavy atom. The Labute approximate surface area is 159 Å². The van der Waals surface area contributed by atoms with Crippen molar-refractivity contribution in [1.29, 1.82) is 5.26 Å². The van der Waals surface area contributed by atoms with Crippen LogP contribution in [0.25, 0.3) is 0 Å². The van der Waals surface area contributed by atoms with E-state index in [0.29, 0.717) is 6.42 Å². The summed E-state index contributed by atoms with van der Waals surface area (Å²) < 4.78 is 14.3. The molecule has 144 valence electrons. The zero-order valence-electron chi connectivity index (χ0n) is 15.8. The van der Waals surface area contributed by atoms with Gasteiger partial charge in [-0.1, -0.05) is 31.4 Å². The number of hydrogen-bond donors (Lipinski definition) is 2. The van der Waals surface area contributed by atoms with Gasteiger partial charge in [-0.05, 0) is 40.2 Å². The van der Waals surface area contributed by atoms with Gasteiger partial charge in [-0.2, -0.15) is 5.26 Å². The smallest absolute Gasteiger partial charge is 0.408 e. The summed E-state index contributed by atoms with van der Waals surface area (Å²) in [6.45, 7) is 9.25. The summed E-state index contributed by atoms with van der Waals surface area (Å²) in [4.78, 5) is 17.1. The Kier molecular flexibility index (Phi) is 7.64. The maximum absolute atomic E-state index is 14.3. The topological polar surface area (TPSA) is 89.3 Å². The molecule has 0 unspecified atom stereocenters. The maximum atomic E-state index is 14.3. The Morgan fingerprint density at radius 3 is 2.62 bits per heavy atom. The van der Waals surface area contributed by atoms with Crippen LogP contribution in [0.2, 0.25) is 5.15 Å². The molecule has 0 aliphatic heterocycles. The minimum Gasteiger partial charge on any atom is -0.465 e. The number of aromatic nitrogens is 1. The van der Waals surface area contributed by atoms with Crippen LogP contribution in [0.1, 0.15) is 59.4 Å². The lowest BCUT2D eigenvalue weighted by atomic mass is 9.96. The molecule has 8 heteroatoms. The lowest BCUT2D eigenvalue weighted by Gasteiger charge is -2.41. The highest BCUT2D eigenvalue weighted by atomic mass is 35.5. The van der Waals surface area contributed by atoms with Crippen LogP contribution in [-0.2, 0) is 0 Å². The van der Waals surface area contributed by atoms with E-state index in [1.54, 1.807) is 13.0 Å². The molecule has 0 aromatic carbocycles. The lowest BCUT2D eigenvalue weighted by molar-refractivity contribution is 0.0682. The monoisotopic (exact) mass is 384 g/mol. The number of nitrogens with one attached hydrogen (secondary N) is 1. The number of nitriles is 1. The van der Waals surface area contributed by atoms with Gasteiger partial charge in [0.25, 0.3) is 0 Å². The van der Waals surface area contributed by atoms with Crippen molar-refractivity contribution in [3.05, 3.63) is 22.6 Å². The summed E-state index contributed by atoms with van der Waals surface area (Å²) in [7, 11) is 0. The van der Waals surface area contributed by atoms with Gasteiger partial charge in [-0.15, -0.1) is 0 Å². The zero-order valence-corrected chi connectivity index (χ0v) is 16.6. The molecule has 0 aliphatic rings. The van der Waals surface area contributed by atoms with Crippen LogP contribution in [0.3, 0.4) is 0 Å². The molecule has 1 amide bonds. The second kappa shape index (κ2) is 9.04. The molecule has 2 N–H and O–H groups in total. The Bertz CT molecular complexity index is 685. The van der Waals surface area contributed by atoms with Crippen molar-refractivity contribution < 1.29 is 14.3 Å². The molecular weight excluding hydrogens is 359 g/mol. The van der Waals surface area contributed by atoms with E-state index < -0.39 is 23.5 Å². The molecule has 1 rings (SSSR count). The van der Waals surface area contributed by atoms with Gasteiger partial charge in [-0.3, -0.25) is 4.90 Å². The zero-order chi connectivity index (χ0) is 20.1. The molecule has 0 aliphatic carbocycles. The number of carboxylic acid groups (broad SMARTS) is 1. The second-order valence-corrected chi connectivity index (χ2v) is 7.58. The molecule has 6 nitrogen and oxygen atoms in total. The number of carbonyl (C=O) groups is 1. The largest absolute Gasteiger partial charge is 0.465 e. The Hall–Kier alpha value is -2.07. The standard InChI is InChI=1S/C18H26ClFN4O2/c1-6-7-8-14(11(2)24(17(25)26)18(3,4)5)22-16-13(20)9-12(10-21)15(19)23-16/h9,11,14H,6-8H2,1-5H3,(H,22,23)(H,25,26)/t11-,14+/m0/s1. The second-order valence-electron chi connectivity index (χ2n) is 7.23. The third-order valence-electron chi connectivity index (χ3n) is 4.16. The molecule has 0 radical (unpaired) electrons. The summed E-state index contributed by atoms with van der Waals surface area (Å²) in [6, 6.07) is 2.00. The predicted molar refractivity (Wildman–Crippen MR) is 99.9 cm³/mol. The van der Waals surface area contributed by atoms with Gasteiger partial charge in [-0.25, -0.2) is 14.2 Å². The first-order valence-corrected chi connectivity index (χ1v) is 8.95. The summed E-state index contributed by atoms with van der Waals surface area (Å²) in [5, 5.41) is 21.5. The van der Waals surface area contributed by atoms with Crippen LogP contribution >= 0.6 is 11.6 Å². The summed E-state index contributed by atoms with van der Waals surface area (Å²) in [6.07, 6.45) is 1.35. The molecule has 0 bridgehead atoms. The number of amides is 1. The van der Waals surface area contributed by atoms with Crippen molar-refractivity contribution in [1.82, 2.24) is 9.88 Å². The van der Waals surface area contributed by atoms with Crippen molar-refractivity contribution in [2.45, 2.75) is 71.5 Å². The molecule has 0 spiro atoms. The van der Waals surface area contributed by atoms with Crippen molar-refractivity contribution in [2.24, 2.45) is 0 Å². The average molecular weight is 385 g/mol. The Morgan fingerprint density at radius 2 is 2.15 bits per heavy atom. The molecule has 0 fully saturated rings. The van der Waals surface area contributed by atoms with Gasteiger partial charge in [0.2, 0.25) is 0 Å². The minimum atomic E-state index is -1.04. The first kappa shape index (κ1) is 22.0. The van der Waals surface area contributed by atoms with Gasteiger partial charge in [0.05, 0.1) is 11.6 Å². The number of nitrogens with zero attached hydrogens (tertiary/aromatic N) is 3. The Balaban J connectivity index is 3.20. The molecule has 1 heterocycles. The van der Waals surface area contributed by atoms with E-state index in [1.807, 2.05) is 27.7 Å². The van der Waals surface area contributed by atoms with Crippen LogP contribution in [0.5, 0.6) is 0 Å². The maximum Gasteiger partial charge on any atom is 0.408 e. The quantitative estimate of drug-likeness (QED) is 0.653. The summed E-state index contributed by atoms with van der Waals surface area (Å²) in [5.74, 6) is -0.779. The van der Waals surface area contributed by atoms with Gasteiger partial charge in [0.1, 0.15) is 11.2 Å². The van der Waals surface area contributed by atoms with E-state index in [4.69, 9.17) is 16.9 Å². The van der Waals surface area contributed by atoms with Gasteiger partial charge in [0, 0.05) is 11.6 Å². The van der Waals surface area contributed by atoms with Gasteiger partial charge >= 0.3 is 6.09 Å². The molecule has 1 aromatic heterocycles. The van der Waals surface area contributed by atoms with E-state index >= 15 is 0 Å². The highest BCUT2D eigenvalue weighted by molar-refractivity contribution is 6.30. The third kappa shape index (κ3) is 5.46. The van der Waals surface area contributed by atoms with Crippen molar-refractivity contribution >= 4 is 23.5 Å². The fourth-order valence-electron chi connectivity index (χ4n) is 2.93. The van der Waals surface area contributed by atoms with Crippen molar-refractivity contribution in [3.63, 3.8) is 0 Å². The fraction of sp³-hybridized carbons (Fsp3) is 0.611. The fourth-order valence-corrected chi connectivity index (χ4v) is 3.11. The molecule has 0 saturated heterocycles. The van der Waals surface area contributed by atoms with E-state index in [9.17, 15) is 14.3 Å². The van der Waals surface area contributed by atoms with E-state index in [0.717, 1.165) is 18.9 Å². The first-order valence-electron chi connectivity index (χ1n) is 8.57.